The van der Waals surface area contributed by atoms with Crippen LogP contribution < -0.4 is 4.90 Å². The van der Waals surface area contributed by atoms with Crippen LogP contribution in [0.3, 0.4) is 0 Å². The van der Waals surface area contributed by atoms with E-state index in [9.17, 15) is 0 Å². The Morgan fingerprint density at radius 2 is 2.06 bits per heavy atom. The Labute approximate surface area is 106 Å². The van der Waals surface area contributed by atoms with Crippen molar-refractivity contribution < 1.29 is 4.90 Å². The van der Waals surface area contributed by atoms with E-state index in [2.05, 4.69) is 22.1 Å². The van der Waals surface area contributed by atoms with Crippen molar-refractivity contribution in [3.63, 3.8) is 0 Å². The standard InChI is InChI=1S/C13H17N3S/c1-2-6-12-11(5-1)14-13(15-12)17-10-9-16-7-3-4-8-16/h1-2,5-6H,3-4,7-10H2,(H,14,15)/p+1. The van der Waals surface area contributed by atoms with Crippen molar-refractivity contribution in [2.45, 2.75) is 18.0 Å². The van der Waals surface area contributed by atoms with E-state index in [1.807, 2.05) is 23.9 Å². The Hall–Kier alpha value is -1.00. The van der Waals surface area contributed by atoms with Gasteiger partial charge in [0.05, 0.1) is 36.4 Å². The van der Waals surface area contributed by atoms with E-state index in [-0.39, 0.29) is 0 Å². The van der Waals surface area contributed by atoms with Crippen molar-refractivity contribution in [3.05, 3.63) is 24.3 Å². The smallest absolute Gasteiger partial charge is 0.166 e. The molecule has 1 aromatic heterocycles. The van der Waals surface area contributed by atoms with Crippen LogP contribution in [0.1, 0.15) is 12.8 Å². The maximum absolute atomic E-state index is 4.57. The number of imidazole rings is 1. The topological polar surface area (TPSA) is 33.1 Å². The average molecular weight is 248 g/mol. The van der Waals surface area contributed by atoms with Crippen molar-refractivity contribution in [1.82, 2.24) is 9.97 Å². The third-order valence-corrected chi connectivity index (χ3v) is 4.25. The van der Waals surface area contributed by atoms with Gasteiger partial charge in [0.2, 0.25) is 0 Å². The molecule has 1 saturated heterocycles. The lowest BCUT2D eigenvalue weighted by Crippen LogP contribution is -3.10. The fourth-order valence-electron chi connectivity index (χ4n) is 2.41. The molecule has 0 atom stereocenters. The van der Waals surface area contributed by atoms with Crippen molar-refractivity contribution in [2.75, 3.05) is 25.4 Å². The van der Waals surface area contributed by atoms with E-state index in [0.717, 1.165) is 21.9 Å². The minimum atomic E-state index is 1.06. The van der Waals surface area contributed by atoms with Crippen LogP contribution in [0.4, 0.5) is 0 Å². The van der Waals surface area contributed by atoms with E-state index >= 15 is 0 Å². The molecule has 0 spiro atoms. The van der Waals surface area contributed by atoms with Crippen LogP contribution in [0.25, 0.3) is 11.0 Å². The molecule has 1 fully saturated rings. The highest BCUT2D eigenvalue weighted by Gasteiger charge is 2.14. The third-order valence-electron chi connectivity index (χ3n) is 3.37. The van der Waals surface area contributed by atoms with Crippen molar-refractivity contribution >= 4 is 22.8 Å². The Morgan fingerprint density at radius 1 is 1.24 bits per heavy atom. The number of thioether (sulfide) groups is 1. The number of nitrogens with one attached hydrogen (secondary N) is 2. The molecule has 0 unspecified atom stereocenters. The number of benzene rings is 1. The zero-order valence-corrected chi connectivity index (χ0v) is 10.7. The van der Waals surface area contributed by atoms with E-state index in [0.29, 0.717) is 0 Å². The molecule has 2 aromatic rings. The summed E-state index contributed by atoms with van der Waals surface area (Å²) >= 11 is 1.85. The van der Waals surface area contributed by atoms with Crippen molar-refractivity contribution in [3.8, 4) is 0 Å². The molecule has 3 nitrogen and oxygen atoms in total. The number of rotatable bonds is 4. The first-order valence-corrected chi connectivity index (χ1v) is 7.31. The highest BCUT2D eigenvalue weighted by Crippen LogP contribution is 2.18. The van der Waals surface area contributed by atoms with Gasteiger partial charge in [-0.3, -0.25) is 0 Å². The summed E-state index contributed by atoms with van der Waals surface area (Å²) in [5, 5.41) is 1.06. The molecule has 3 rings (SSSR count). The van der Waals surface area contributed by atoms with Gasteiger partial charge in [0.15, 0.2) is 5.16 Å². The molecule has 2 N–H and O–H groups in total. The van der Waals surface area contributed by atoms with Gasteiger partial charge in [0.25, 0.3) is 0 Å². The third kappa shape index (κ3) is 2.64. The molecule has 0 bridgehead atoms. The molecule has 0 radical (unpaired) electrons. The molecular weight excluding hydrogens is 230 g/mol. The number of aromatic nitrogens is 2. The summed E-state index contributed by atoms with van der Waals surface area (Å²) in [6.07, 6.45) is 2.81. The summed E-state index contributed by atoms with van der Waals surface area (Å²) in [5.41, 5.74) is 2.21. The molecule has 2 heterocycles. The minimum absolute atomic E-state index is 1.06. The molecule has 0 amide bonds. The lowest BCUT2D eigenvalue weighted by molar-refractivity contribution is -0.884. The van der Waals surface area contributed by atoms with Crippen molar-refractivity contribution in [2.24, 2.45) is 0 Å². The number of quaternary nitrogens is 1. The second-order valence-corrected chi connectivity index (χ2v) is 5.70. The Bertz CT molecular complexity index is 455. The van der Waals surface area contributed by atoms with Crippen LogP contribution >= 0.6 is 11.8 Å². The first kappa shape index (κ1) is 11.1. The molecule has 17 heavy (non-hydrogen) atoms. The highest BCUT2D eigenvalue weighted by atomic mass is 32.2. The monoisotopic (exact) mass is 248 g/mol. The van der Waals surface area contributed by atoms with Crippen LogP contribution in [0, 0.1) is 0 Å². The number of fused-ring (bicyclic) bond motifs is 1. The molecule has 0 aliphatic carbocycles. The molecule has 1 aromatic carbocycles. The molecular formula is C13H18N3S+. The van der Waals surface area contributed by atoms with Gasteiger partial charge in [-0.1, -0.05) is 23.9 Å². The molecule has 1 aliphatic heterocycles. The maximum Gasteiger partial charge on any atom is 0.166 e. The summed E-state index contributed by atoms with van der Waals surface area (Å²) in [6.45, 7) is 3.99. The summed E-state index contributed by atoms with van der Waals surface area (Å²) in [4.78, 5) is 9.70. The van der Waals surface area contributed by atoms with Crippen molar-refractivity contribution in [1.29, 1.82) is 0 Å². The van der Waals surface area contributed by atoms with Gasteiger partial charge in [-0.2, -0.15) is 0 Å². The number of aromatic amines is 1. The van der Waals surface area contributed by atoms with Gasteiger partial charge in [-0.05, 0) is 12.1 Å². The number of H-pyrrole nitrogens is 1. The van der Waals surface area contributed by atoms with Gasteiger partial charge in [-0.15, -0.1) is 0 Å². The van der Waals surface area contributed by atoms with Crippen LogP contribution in [0.15, 0.2) is 29.4 Å². The predicted molar refractivity (Wildman–Crippen MR) is 71.6 cm³/mol. The molecule has 0 saturated carbocycles. The Morgan fingerprint density at radius 3 is 2.88 bits per heavy atom. The lowest BCUT2D eigenvalue weighted by Gasteiger charge is -2.10. The van der Waals surface area contributed by atoms with Crippen LogP contribution in [-0.4, -0.2) is 35.4 Å². The average Bonchev–Trinajstić information content (AvgIpc) is 2.96. The lowest BCUT2D eigenvalue weighted by atomic mass is 10.3. The SMILES string of the molecule is c1ccc2[nH]c(SCC[NH+]3CCCC3)nc2c1. The van der Waals surface area contributed by atoms with E-state index < -0.39 is 0 Å². The van der Waals surface area contributed by atoms with E-state index in [4.69, 9.17) is 0 Å². The first-order valence-electron chi connectivity index (χ1n) is 6.33. The maximum atomic E-state index is 4.57. The Kier molecular flexibility index (Phi) is 3.34. The molecule has 1 aliphatic rings. The number of likely N-dealkylation sites (tertiary alicyclic amines) is 1. The summed E-state index contributed by atoms with van der Waals surface area (Å²) in [6, 6.07) is 8.22. The van der Waals surface area contributed by atoms with E-state index in [1.54, 1.807) is 4.90 Å². The molecule has 4 heteroatoms. The van der Waals surface area contributed by atoms with Crippen LogP contribution in [-0.2, 0) is 0 Å². The highest BCUT2D eigenvalue weighted by molar-refractivity contribution is 7.99. The largest absolute Gasteiger partial charge is 0.334 e. The first-order chi connectivity index (χ1) is 8.42. The zero-order valence-electron chi connectivity index (χ0n) is 9.91. The number of para-hydroxylation sites is 2. The van der Waals surface area contributed by atoms with Gasteiger partial charge in [-0.25, -0.2) is 4.98 Å². The van der Waals surface area contributed by atoms with Crippen LogP contribution in [0.2, 0.25) is 0 Å². The van der Waals surface area contributed by atoms with Gasteiger partial charge in [0, 0.05) is 12.8 Å². The van der Waals surface area contributed by atoms with Crippen LogP contribution in [0.5, 0.6) is 0 Å². The second kappa shape index (κ2) is 5.10. The predicted octanol–water partition coefficient (Wildman–Crippen LogP) is 1.33. The summed E-state index contributed by atoms with van der Waals surface area (Å²) < 4.78 is 0. The Balaban J connectivity index is 1.57. The van der Waals surface area contributed by atoms with E-state index in [1.165, 1.54) is 32.5 Å². The fraction of sp³-hybridized carbons (Fsp3) is 0.462. The van der Waals surface area contributed by atoms with Gasteiger partial charge >= 0.3 is 0 Å². The fourth-order valence-corrected chi connectivity index (χ4v) is 3.34. The zero-order chi connectivity index (χ0) is 11.5. The number of hydrogen-bond donors (Lipinski definition) is 2. The van der Waals surface area contributed by atoms with Gasteiger partial charge in [0.1, 0.15) is 0 Å². The normalized spacial score (nSPS) is 16.9. The summed E-state index contributed by atoms with van der Waals surface area (Å²) in [5.74, 6) is 1.16. The number of nitrogens with zero attached hydrogens (tertiary/aromatic N) is 1. The quantitative estimate of drug-likeness (QED) is 0.800. The minimum Gasteiger partial charge on any atom is -0.334 e. The second-order valence-electron chi connectivity index (χ2n) is 4.61. The number of hydrogen-bond acceptors (Lipinski definition) is 2. The molecule has 90 valence electrons. The van der Waals surface area contributed by atoms with Gasteiger partial charge < -0.3 is 9.88 Å². The summed E-state index contributed by atoms with van der Waals surface area (Å²) in [7, 11) is 0.